The van der Waals surface area contributed by atoms with Crippen molar-refractivity contribution >= 4 is 85.5 Å². The smallest absolute Gasteiger partial charge is 0.197 e. The van der Waals surface area contributed by atoms with Crippen LogP contribution in [0.1, 0.15) is 142 Å². The van der Waals surface area contributed by atoms with Gasteiger partial charge >= 0.3 is 196 Å². The van der Waals surface area contributed by atoms with Crippen LogP contribution in [0, 0.1) is 0 Å². The normalized spacial score (nSPS) is 9.52. The number of unbranched alkanes of at least 4 members (excludes halogenated alkanes) is 18. The maximum absolute atomic E-state index is 2.28. The molecule has 0 aromatic rings. The average Bonchev–Trinajstić information content (AvgIpc) is 2.66. The van der Waals surface area contributed by atoms with Gasteiger partial charge in [-0.2, -0.15) is 40.5 Å². The molecule has 0 saturated carbocycles. The van der Waals surface area contributed by atoms with Crippen molar-refractivity contribution in [1.29, 1.82) is 0 Å². The molecule has 178 valence electrons. The van der Waals surface area contributed by atoms with Crippen LogP contribution in [0.2, 0.25) is 8.87 Å². The first-order valence-electron chi connectivity index (χ1n) is 12.1. The predicted molar refractivity (Wildman–Crippen MR) is 156 cm³/mol. The fourth-order valence-corrected chi connectivity index (χ4v) is 4.65. The van der Waals surface area contributed by atoms with Gasteiger partial charge in [0, 0.05) is 0 Å². The Morgan fingerprint density at radius 1 is 0.310 bits per heavy atom. The van der Waals surface area contributed by atoms with Crippen molar-refractivity contribution < 1.29 is 0 Å². The quantitative estimate of drug-likeness (QED) is 0.0890. The summed E-state index contributed by atoms with van der Waals surface area (Å²) in [5.41, 5.74) is 0. The molecule has 0 heterocycles. The van der Waals surface area contributed by atoms with Crippen molar-refractivity contribution in [2.45, 2.75) is 151 Å². The molecule has 0 rings (SSSR count). The fraction of sp³-hybridized carbons (Fsp3) is 1.00. The molecule has 0 amide bonds. The van der Waals surface area contributed by atoms with Crippen LogP contribution in [0.3, 0.4) is 0 Å². The van der Waals surface area contributed by atoms with Crippen molar-refractivity contribution in [2.75, 3.05) is 0 Å². The Hall–Kier alpha value is 2.65. The zero-order chi connectivity index (χ0) is 19.6. The van der Waals surface area contributed by atoms with Crippen molar-refractivity contribution in [3.8, 4) is 0 Å². The summed E-state index contributed by atoms with van der Waals surface area (Å²) in [6.45, 7) is 4.57. The van der Waals surface area contributed by atoms with Gasteiger partial charge < -0.3 is 0 Å². The Morgan fingerprint density at radius 2 is 0.483 bits per heavy atom. The van der Waals surface area contributed by atoms with E-state index in [1.165, 1.54) is 137 Å². The molecule has 0 unspecified atom stereocenters. The molecule has 0 fully saturated rings. The minimum atomic E-state index is 0. The van der Waals surface area contributed by atoms with Gasteiger partial charge in [-0.15, -0.1) is 0 Å². The molecule has 0 aromatic carbocycles. The van der Waals surface area contributed by atoms with Gasteiger partial charge in [0.15, 0.2) is 0 Å². The van der Waals surface area contributed by atoms with Crippen molar-refractivity contribution in [2.24, 2.45) is 0 Å². The average molecular weight is 678 g/mol. The van der Waals surface area contributed by atoms with E-state index in [1.807, 2.05) is 0 Å². The first-order valence-corrected chi connectivity index (χ1v) is 16.2. The SMILES string of the molecule is CCCCCCCCCCC[CH2][Sn].CCCCCCCCCCC[CH2][Sn].S.S.S. The molecule has 0 nitrogen and oxygen atoms in total. The zero-order valence-corrected chi connectivity index (χ0v) is 28.8. The molecule has 0 aliphatic rings. The van der Waals surface area contributed by atoms with Gasteiger partial charge in [0.25, 0.3) is 0 Å². The Morgan fingerprint density at radius 3 is 0.655 bits per heavy atom. The van der Waals surface area contributed by atoms with Crippen LogP contribution in [-0.4, -0.2) is 45.0 Å². The summed E-state index contributed by atoms with van der Waals surface area (Å²) < 4.78 is 2.92. The molecule has 6 radical (unpaired) electrons. The second kappa shape index (κ2) is 44.3. The Bertz CT molecular complexity index is 178. The molecule has 0 aliphatic carbocycles. The first-order chi connectivity index (χ1) is 12.8. The van der Waals surface area contributed by atoms with Crippen molar-refractivity contribution in [3.63, 3.8) is 0 Å². The van der Waals surface area contributed by atoms with E-state index in [2.05, 4.69) is 13.8 Å². The summed E-state index contributed by atoms with van der Waals surface area (Å²) in [5.74, 6) is 0. The van der Waals surface area contributed by atoms with E-state index in [4.69, 9.17) is 0 Å². The van der Waals surface area contributed by atoms with Gasteiger partial charge in [-0.05, 0) is 0 Å². The fourth-order valence-electron chi connectivity index (χ4n) is 3.22. The van der Waals surface area contributed by atoms with Crippen LogP contribution in [0.25, 0.3) is 0 Å². The van der Waals surface area contributed by atoms with Gasteiger partial charge in [-0.3, -0.25) is 0 Å². The molecule has 0 spiro atoms. The minimum Gasteiger partial charge on any atom is -0.197 e. The van der Waals surface area contributed by atoms with Gasteiger partial charge in [0.2, 0.25) is 0 Å². The molecule has 0 aromatic heterocycles. The molecular formula is C24H56S3Sn2. The van der Waals surface area contributed by atoms with E-state index >= 15 is 0 Å². The van der Waals surface area contributed by atoms with Crippen LogP contribution in [0.15, 0.2) is 0 Å². The van der Waals surface area contributed by atoms with E-state index < -0.39 is 0 Å². The number of hydrogen-bond acceptors (Lipinski definition) is 0. The van der Waals surface area contributed by atoms with E-state index in [-0.39, 0.29) is 40.5 Å². The Balaban J connectivity index is -0.000000120. The Labute approximate surface area is 234 Å². The van der Waals surface area contributed by atoms with Crippen molar-refractivity contribution in [3.05, 3.63) is 0 Å². The second-order valence-corrected chi connectivity index (χ2v) is 10.7. The third-order valence-electron chi connectivity index (χ3n) is 5.06. The molecule has 0 bridgehead atoms. The van der Waals surface area contributed by atoms with Gasteiger partial charge in [-0.25, -0.2) is 0 Å². The number of rotatable bonds is 20. The predicted octanol–water partition coefficient (Wildman–Crippen LogP) is 9.33. The van der Waals surface area contributed by atoms with Crippen molar-refractivity contribution in [1.82, 2.24) is 0 Å². The van der Waals surface area contributed by atoms with Crippen LogP contribution in [0.5, 0.6) is 0 Å². The first kappa shape index (κ1) is 41.9. The van der Waals surface area contributed by atoms with Crippen LogP contribution >= 0.6 is 40.5 Å². The van der Waals surface area contributed by atoms with Crippen LogP contribution < -0.4 is 0 Å². The second-order valence-electron chi connectivity index (χ2n) is 7.86. The molecule has 0 aliphatic heterocycles. The number of hydrogen-bond donors (Lipinski definition) is 0. The third-order valence-corrected chi connectivity index (χ3v) is 7.08. The summed E-state index contributed by atoms with van der Waals surface area (Å²) >= 11 is 3.43. The zero-order valence-electron chi connectivity index (χ0n) is 20.1. The summed E-state index contributed by atoms with van der Waals surface area (Å²) in [4.78, 5) is 0. The maximum atomic E-state index is 2.28. The van der Waals surface area contributed by atoms with Gasteiger partial charge in [-0.1, -0.05) is 0 Å². The molecule has 5 heteroatoms. The summed E-state index contributed by atoms with van der Waals surface area (Å²) in [5, 5.41) is 0. The standard InChI is InChI=1S/2C12H25.3H2S.2Sn/c2*1-3-5-7-9-11-12-10-8-6-4-2;;;;;/h2*1,3-12H2,2H3;3*1H2;;. The summed E-state index contributed by atoms with van der Waals surface area (Å²) in [7, 11) is 0. The van der Waals surface area contributed by atoms with Crippen LogP contribution in [0.4, 0.5) is 0 Å². The molecule has 0 saturated heterocycles. The van der Waals surface area contributed by atoms with Gasteiger partial charge in [0.1, 0.15) is 0 Å². The van der Waals surface area contributed by atoms with Crippen LogP contribution in [-0.2, 0) is 0 Å². The summed E-state index contributed by atoms with van der Waals surface area (Å²) in [6, 6.07) is 0. The monoisotopic (exact) mass is 680 g/mol. The van der Waals surface area contributed by atoms with E-state index in [0.717, 1.165) is 0 Å². The van der Waals surface area contributed by atoms with E-state index in [9.17, 15) is 0 Å². The third kappa shape index (κ3) is 49.0. The van der Waals surface area contributed by atoms with E-state index in [0.29, 0.717) is 0 Å². The molecule has 0 N–H and O–H groups in total. The minimum absolute atomic E-state index is 0. The molecule has 0 atom stereocenters. The maximum Gasteiger partial charge on any atom is -0.197 e. The summed E-state index contributed by atoms with van der Waals surface area (Å²) in [6.07, 6.45) is 29.4. The topological polar surface area (TPSA) is 0 Å². The molecule has 29 heavy (non-hydrogen) atoms. The largest absolute Gasteiger partial charge is 0.197 e. The molecular weight excluding hydrogens is 622 g/mol. The van der Waals surface area contributed by atoms with E-state index in [1.54, 1.807) is 45.0 Å². The Kier molecular flexibility index (Phi) is 64.0. The van der Waals surface area contributed by atoms with Gasteiger partial charge in [0.05, 0.1) is 0 Å².